The standard InChI is InChI=1S/C11H14N2O/c12-11-7-3-1-5-9(7)13(14)10-6-2-4-8(10)11/h1-6,12H2. The molecule has 2 N–H and O–H groups in total. The van der Waals surface area contributed by atoms with Crippen molar-refractivity contribution in [1.82, 2.24) is 0 Å². The summed E-state index contributed by atoms with van der Waals surface area (Å²) in [6.45, 7) is 0. The Morgan fingerprint density at radius 1 is 0.929 bits per heavy atom. The van der Waals surface area contributed by atoms with Gasteiger partial charge in [0.15, 0.2) is 11.4 Å². The lowest BCUT2D eigenvalue weighted by Crippen LogP contribution is -2.37. The van der Waals surface area contributed by atoms with Crippen LogP contribution in [0.4, 0.5) is 5.69 Å². The molecule has 0 aromatic carbocycles. The van der Waals surface area contributed by atoms with Gasteiger partial charge in [0.05, 0.1) is 5.69 Å². The predicted octanol–water partition coefficient (Wildman–Crippen LogP) is 0.880. The molecule has 0 aliphatic heterocycles. The lowest BCUT2D eigenvalue weighted by molar-refractivity contribution is -0.621. The second-order valence-corrected chi connectivity index (χ2v) is 4.27. The quantitative estimate of drug-likeness (QED) is 0.487. The van der Waals surface area contributed by atoms with E-state index in [0.29, 0.717) is 0 Å². The van der Waals surface area contributed by atoms with Crippen LogP contribution >= 0.6 is 0 Å². The lowest BCUT2D eigenvalue weighted by Gasteiger charge is -2.11. The lowest BCUT2D eigenvalue weighted by atomic mass is 10.1. The number of fused-ring (bicyclic) bond motifs is 2. The fourth-order valence-corrected chi connectivity index (χ4v) is 2.83. The van der Waals surface area contributed by atoms with Crippen LogP contribution in [0.2, 0.25) is 0 Å². The highest BCUT2D eigenvalue weighted by atomic mass is 16.5. The van der Waals surface area contributed by atoms with E-state index in [2.05, 4.69) is 0 Å². The molecule has 0 atom stereocenters. The summed E-state index contributed by atoms with van der Waals surface area (Å²) in [7, 11) is 0. The second-order valence-electron chi connectivity index (χ2n) is 4.27. The van der Waals surface area contributed by atoms with E-state index in [9.17, 15) is 5.21 Å². The summed E-state index contributed by atoms with van der Waals surface area (Å²) in [6, 6.07) is 0. The molecule has 0 fully saturated rings. The van der Waals surface area contributed by atoms with Gasteiger partial charge in [0, 0.05) is 24.0 Å². The van der Waals surface area contributed by atoms with Crippen molar-refractivity contribution in [3.8, 4) is 0 Å². The van der Waals surface area contributed by atoms with Gasteiger partial charge in [-0.25, -0.2) is 0 Å². The monoisotopic (exact) mass is 190 g/mol. The van der Waals surface area contributed by atoms with Gasteiger partial charge in [0.2, 0.25) is 0 Å². The SMILES string of the molecule is Nc1c2c([n+]([O-])c3c1CCC3)CCC2. The van der Waals surface area contributed by atoms with Crippen molar-refractivity contribution < 1.29 is 4.73 Å². The number of anilines is 1. The third-order valence-electron chi connectivity index (χ3n) is 3.52. The van der Waals surface area contributed by atoms with Crippen molar-refractivity contribution in [2.24, 2.45) is 0 Å². The van der Waals surface area contributed by atoms with E-state index < -0.39 is 0 Å². The Balaban J connectivity index is 2.33. The first-order chi connectivity index (χ1) is 6.79. The molecule has 0 unspecified atom stereocenters. The van der Waals surface area contributed by atoms with E-state index in [-0.39, 0.29) is 0 Å². The maximum atomic E-state index is 12.0. The molecule has 1 heterocycles. The molecule has 74 valence electrons. The van der Waals surface area contributed by atoms with Gasteiger partial charge >= 0.3 is 0 Å². The number of pyridine rings is 1. The molecule has 0 saturated carbocycles. The van der Waals surface area contributed by atoms with Gasteiger partial charge in [-0.2, -0.15) is 4.73 Å². The van der Waals surface area contributed by atoms with Crippen LogP contribution in [0, 0.1) is 5.21 Å². The van der Waals surface area contributed by atoms with Crippen LogP contribution in [0.1, 0.15) is 35.4 Å². The third-order valence-corrected chi connectivity index (χ3v) is 3.52. The average Bonchev–Trinajstić information content (AvgIpc) is 2.82. The Kier molecular flexibility index (Phi) is 1.52. The first-order valence-electron chi connectivity index (χ1n) is 5.33. The number of hydrogen-bond acceptors (Lipinski definition) is 2. The molecule has 0 bridgehead atoms. The van der Waals surface area contributed by atoms with Gasteiger partial charge in [-0.1, -0.05) is 0 Å². The Hall–Kier alpha value is -1.25. The molecule has 1 aromatic rings. The fourth-order valence-electron chi connectivity index (χ4n) is 2.83. The minimum Gasteiger partial charge on any atom is -0.618 e. The molecule has 0 radical (unpaired) electrons. The maximum absolute atomic E-state index is 12.0. The normalized spacial score (nSPS) is 18.3. The number of nitrogens with zero attached hydrogens (tertiary/aromatic N) is 1. The van der Waals surface area contributed by atoms with Crippen LogP contribution in [0.15, 0.2) is 0 Å². The van der Waals surface area contributed by atoms with E-state index in [1.54, 1.807) is 0 Å². The van der Waals surface area contributed by atoms with E-state index in [0.717, 1.165) is 66.7 Å². The van der Waals surface area contributed by atoms with Gasteiger partial charge in [0.1, 0.15) is 0 Å². The number of nitrogen functional groups attached to an aromatic ring is 1. The highest BCUT2D eigenvalue weighted by molar-refractivity contribution is 5.57. The van der Waals surface area contributed by atoms with Gasteiger partial charge in [-0.15, -0.1) is 0 Å². The van der Waals surface area contributed by atoms with Gasteiger partial charge < -0.3 is 10.9 Å². The molecule has 2 aliphatic carbocycles. The van der Waals surface area contributed by atoms with Crippen LogP contribution in [0.25, 0.3) is 0 Å². The van der Waals surface area contributed by atoms with Crippen LogP contribution in [0.3, 0.4) is 0 Å². The summed E-state index contributed by atoms with van der Waals surface area (Å²) in [5, 5.41) is 12.0. The number of rotatable bonds is 0. The molecule has 0 saturated heterocycles. The zero-order valence-electron chi connectivity index (χ0n) is 8.18. The zero-order chi connectivity index (χ0) is 9.71. The van der Waals surface area contributed by atoms with Gasteiger partial charge in [0.25, 0.3) is 0 Å². The van der Waals surface area contributed by atoms with E-state index >= 15 is 0 Å². The zero-order valence-corrected chi connectivity index (χ0v) is 8.18. The van der Waals surface area contributed by atoms with E-state index in [1.807, 2.05) is 0 Å². The Bertz CT molecular complexity index is 340. The molecule has 2 aliphatic rings. The second kappa shape index (κ2) is 2.62. The third kappa shape index (κ3) is 0.846. The van der Waals surface area contributed by atoms with E-state index in [1.165, 1.54) is 4.73 Å². The molecule has 3 rings (SSSR count). The first-order valence-corrected chi connectivity index (χ1v) is 5.33. The smallest absolute Gasteiger partial charge is 0.198 e. The van der Waals surface area contributed by atoms with Gasteiger partial charge in [-0.3, -0.25) is 0 Å². The van der Waals surface area contributed by atoms with Crippen molar-refractivity contribution >= 4 is 5.69 Å². The summed E-state index contributed by atoms with van der Waals surface area (Å²) < 4.78 is 1.17. The first kappa shape index (κ1) is 8.09. The summed E-state index contributed by atoms with van der Waals surface area (Å²) in [5.74, 6) is 0. The van der Waals surface area contributed by atoms with Crippen LogP contribution in [-0.4, -0.2) is 0 Å². The predicted molar refractivity (Wildman–Crippen MR) is 53.9 cm³/mol. The highest BCUT2D eigenvalue weighted by Crippen LogP contribution is 2.33. The molecular weight excluding hydrogens is 176 g/mol. The summed E-state index contributed by atoms with van der Waals surface area (Å²) in [5.41, 5.74) is 11.2. The van der Waals surface area contributed by atoms with Crippen molar-refractivity contribution in [2.75, 3.05) is 5.73 Å². The minimum absolute atomic E-state index is 0.913. The van der Waals surface area contributed by atoms with Crippen molar-refractivity contribution in [3.63, 3.8) is 0 Å². The van der Waals surface area contributed by atoms with Gasteiger partial charge in [-0.05, 0) is 25.7 Å². The van der Waals surface area contributed by atoms with E-state index in [4.69, 9.17) is 5.73 Å². The largest absolute Gasteiger partial charge is 0.618 e. The molecule has 1 aromatic heterocycles. The minimum atomic E-state index is 0.913. The van der Waals surface area contributed by atoms with Crippen LogP contribution in [-0.2, 0) is 25.7 Å². The summed E-state index contributed by atoms with van der Waals surface area (Å²) in [4.78, 5) is 0. The number of aromatic nitrogens is 1. The number of nitrogens with two attached hydrogens (primary N) is 1. The molecule has 3 heteroatoms. The maximum Gasteiger partial charge on any atom is 0.198 e. The molecule has 0 spiro atoms. The summed E-state index contributed by atoms with van der Waals surface area (Å²) >= 11 is 0. The van der Waals surface area contributed by atoms with Crippen LogP contribution in [0.5, 0.6) is 0 Å². The van der Waals surface area contributed by atoms with Crippen molar-refractivity contribution in [2.45, 2.75) is 38.5 Å². The Morgan fingerprint density at radius 2 is 1.43 bits per heavy atom. The molecule has 3 nitrogen and oxygen atoms in total. The fraction of sp³-hybridized carbons (Fsp3) is 0.545. The number of hydrogen-bond donors (Lipinski definition) is 1. The highest BCUT2D eigenvalue weighted by Gasteiger charge is 2.31. The average molecular weight is 190 g/mol. The Labute approximate surface area is 83.1 Å². The molecule has 0 amide bonds. The topological polar surface area (TPSA) is 53.0 Å². The van der Waals surface area contributed by atoms with Crippen molar-refractivity contribution in [3.05, 3.63) is 27.7 Å². The Morgan fingerprint density at radius 3 is 1.93 bits per heavy atom. The van der Waals surface area contributed by atoms with Crippen molar-refractivity contribution in [1.29, 1.82) is 0 Å². The molecular formula is C11H14N2O. The van der Waals surface area contributed by atoms with Crippen LogP contribution < -0.4 is 10.5 Å². The summed E-state index contributed by atoms with van der Waals surface area (Å²) in [6.07, 6.45) is 6.00. The molecule has 14 heavy (non-hydrogen) atoms.